The molecule has 0 spiro atoms. The molecule has 4 nitrogen and oxygen atoms in total. The maximum atomic E-state index is 5.96. The van der Waals surface area contributed by atoms with Crippen LogP contribution in [0.3, 0.4) is 0 Å². The van der Waals surface area contributed by atoms with Gasteiger partial charge in [-0.05, 0) is 18.3 Å². The summed E-state index contributed by atoms with van der Waals surface area (Å²) in [4.78, 5) is 9.12. The van der Waals surface area contributed by atoms with Crippen LogP contribution in [-0.2, 0) is 4.74 Å². The maximum Gasteiger partial charge on any atom is 0.160 e. The molecule has 1 aromatic heterocycles. The van der Waals surface area contributed by atoms with Crippen molar-refractivity contribution in [1.29, 1.82) is 0 Å². The highest BCUT2D eigenvalue weighted by Crippen LogP contribution is 2.37. The van der Waals surface area contributed by atoms with Gasteiger partial charge in [0.1, 0.15) is 11.9 Å². The second-order valence-corrected chi connectivity index (χ2v) is 6.54. The van der Waals surface area contributed by atoms with Crippen LogP contribution in [0.1, 0.15) is 70.0 Å². The van der Waals surface area contributed by atoms with Crippen LogP contribution in [0.25, 0.3) is 0 Å². The van der Waals surface area contributed by atoms with Crippen molar-refractivity contribution in [1.82, 2.24) is 9.97 Å². The molecule has 1 unspecified atom stereocenters. The van der Waals surface area contributed by atoms with Gasteiger partial charge in [-0.3, -0.25) is 0 Å². The van der Waals surface area contributed by atoms with Gasteiger partial charge in [0, 0.05) is 24.8 Å². The molecule has 0 aliphatic heterocycles. The lowest BCUT2D eigenvalue weighted by Crippen LogP contribution is -2.23. The first-order chi connectivity index (χ1) is 8.91. The van der Waals surface area contributed by atoms with E-state index in [9.17, 15) is 0 Å². The summed E-state index contributed by atoms with van der Waals surface area (Å²) in [5, 5.41) is 0. The first-order valence-corrected chi connectivity index (χ1v) is 7.09. The van der Waals surface area contributed by atoms with E-state index in [-0.39, 0.29) is 11.5 Å². The highest BCUT2D eigenvalue weighted by molar-refractivity contribution is 5.32. The van der Waals surface area contributed by atoms with E-state index in [2.05, 4.69) is 25.8 Å². The van der Waals surface area contributed by atoms with Crippen molar-refractivity contribution in [3.05, 3.63) is 17.6 Å². The van der Waals surface area contributed by atoms with Crippen molar-refractivity contribution in [2.75, 3.05) is 12.8 Å². The lowest BCUT2D eigenvalue weighted by atomic mass is 9.88. The van der Waals surface area contributed by atoms with E-state index in [1.54, 1.807) is 7.11 Å². The Bertz CT molecular complexity index is 434. The van der Waals surface area contributed by atoms with Crippen molar-refractivity contribution in [2.45, 2.75) is 58.5 Å². The third kappa shape index (κ3) is 3.24. The Labute approximate surface area is 115 Å². The van der Waals surface area contributed by atoms with Crippen LogP contribution in [-0.4, -0.2) is 17.1 Å². The summed E-state index contributed by atoms with van der Waals surface area (Å²) in [5.74, 6) is 1.82. The third-order valence-corrected chi connectivity index (χ3v) is 3.81. The molecule has 0 bridgehead atoms. The number of methoxy groups -OCH3 is 1. The normalized spacial score (nSPS) is 18.7. The van der Waals surface area contributed by atoms with Crippen LogP contribution < -0.4 is 5.73 Å². The molecule has 0 radical (unpaired) electrons. The van der Waals surface area contributed by atoms with Crippen LogP contribution >= 0.6 is 0 Å². The summed E-state index contributed by atoms with van der Waals surface area (Å²) >= 11 is 0. The molecule has 0 aromatic carbocycles. The summed E-state index contributed by atoms with van der Waals surface area (Å²) in [6.07, 6.45) is 4.87. The molecule has 2 N–H and O–H groups in total. The topological polar surface area (TPSA) is 61.0 Å². The fraction of sp³-hybridized carbons (Fsp3) is 0.733. The summed E-state index contributed by atoms with van der Waals surface area (Å²) < 4.78 is 5.59. The van der Waals surface area contributed by atoms with Crippen LogP contribution in [0.5, 0.6) is 0 Å². The number of nitrogens with zero attached hydrogens (tertiary/aromatic N) is 2. The van der Waals surface area contributed by atoms with E-state index in [1.807, 2.05) is 6.07 Å². The van der Waals surface area contributed by atoms with E-state index >= 15 is 0 Å². The van der Waals surface area contributed by atoms with Gasteiger partial charge in [-0.2, -0.15) is 0 Å². The van der Waals surface area contributed by atoms with E-state index < -0.39 is 0 Å². The minimum Gasteiger partial charge on any atom is -0.384 e. The highest BCUT2D eigenvalue weighted by atomic mass is 16.5. The van der Waals surface area contributed by atoms with E-state index in [4.69, 9.17) is 15.5 Å². The zero-order chi connectivity index (χ0) is 14.0. The monoisotopic (exact) mass is 263 g/mol. The van der Waals surface area contributed by atoms with Gasteiger partial charge in [0.15, 0.2) is 5.82 Å². The third-order valence-electron chi connectivity index (χ3n) is 3.81. The van der Waals surface area contributed by atoms with Crippen LogP contribution in [0, 0.1) is 5.41 Å². The number of ether oxygens (including phenoxy) is 1. The van der Waals surface area contributed by atoms with Crippen LogP contribution in [0.4, 0.5) is 5.82 Å². The number of rotatable bonds is 3. The average Bonchev–Trinajstić information content (AvgIpc) is 2.80. The van der Waals surface area contributed by atoms with Gasteiger partial charge >= 0.3 is 0 Å². The summed E-state index contributed by atoms with van der Waals surface area (Å²) in [6.45, 7) is 6.38. The van der Waals surface area contributed by atoms with Gasteiger partial charge in [-0.25, -0.2) is 9.97 Å². The predicted octanol–water partition coefficient (Wildman–Crippen LogP) is 3.45. The fourth-order valence-corrected chi connectivity index (χ4v) is 2.90. The number of hydrogen-bond acceptors (Lipinski definition) is 4. The molecule has 1 heterocycles. The first-order valence-electron chi connectivity index (χ1n) is 7.09. The zero-order valence-electron chi connectivity index (χ0n) is 12.4. The standard InChI is InChI=1S/C15H25N3O/c1-15(2,3)13(19-4)14-17-11(9-12(16)18-14)10-7-5-6-8-10/h9-10,13H,5-8H2,1-4H3,(H2,16,17,18). The molecule has 1 aliphatic carbocycles. The number of nitrogens with two attached hydrogens (primary N) is 1. The highest BCUT2D eigenvalue weighted by Gasteiger charge is 2.30. The SMILES string of the molecule is COC(c1nc(N)cc(C2CCCC2)n1)C(C)(C)C. The summed E-state index contributed by atoms with van der Waals surface area (Å²) in [6, 6.07) is 1.93. The molecule has 1 fully saturated rings. The summed E-state index contributed by atoms with van der Waals surface area (Å²) in [7, 11) is 1.71. The Kier molecular flexibility index (Phi) is 4.09. The Morgan fingerprint density at radius 2 is 1.89 bits per heavy atom. The second kappa shape index (κ2) is 5.45. The molecule has 1 aliphatic rings. The van der Waals surface area contributed by atoms with Crippen molar-refractivity contribution in [2.24, 2.45) is 5.41 Å². The number of aromatic nitrogens is 2. The second-order valence-electron chi connectivity index (χ2n) is 6.54. The molecule has 1 aromatic rings. The van der Waals surface area contributed by atoms with E-state index in [1.165, 1.54) is 25.7 Å². The van der Waals surface area contributed by atoms with Gasteiger partial charge in [0.25, 0.3) is 0 Å². The molecule has 19 heavy (non-hydrogen) atoms. The fourth-order valence-electron chi connectivity index (χ4n) is 2.90. The minimum atomic E-state index is -0.129. The van der Waals surface area contributed by atoms with Crippen molar-refractivity contribution >= 4 is 5.82 Å². The smallest absolute Gasteiger partial charge is 0.160 e. The molecule has 1 atom stereocenters. The minimum absolute atomic E-state index is 0.0461. The summed E-state index contributed by atoms with van der Waals surface area (Å²) in [5.41, 5.74) is 7.00. The molecule has 1 saturated carbocycles. The molecule has 0 saturated heterocycles. The molecule has 0 amide bonds. The molecule has 4 heteroatoms. The molecular weight excluding hydrogens is 238 g/mol. The van der Waals surface area contributed by atoms with E-state index in [0.717, 1.165) is 11.5 Å². The number of anilines is 1. The van der Waals surface area contributed by atoms with Crippen LogP contribution in [0.2, 0.25) is 0 Å². The Balaban J connectivity index is 2.34. The Morgan fingerprint density at radius 3 is 2.42 bits per heavy atom. The zero-order valence-corrected chi connectivity index (χ0v) is 12.4. The quantitative estimate of drug-likeness (QED) is 0.907. The predicted molar refractivity (Wildman–Crippen MR) is 76.9 cm³/mol. The Morgan fingerprint density at radius 1 is 1.26 bits per heavy atom. The van der Waals surface area contributed by atoms with Gasteiger partial charge < -0.3 is 10.5 Å². The molecule has 106 valence electrons. The van der Waals surface area contributed by atoms with Gasteiger partial charge in [-0.1, -0.05) is 33.6 Å². The van der Waals surface area contributed by atoms with Gasteiger partial charge in [0.05, 0.1) is 0 Å². The van der Waals surface area contributed by atoms with Crippen LogP contribution in [0.15, 0.2) is 6.07 Å². The Hall–Kier alpha value is -1.16. The van der Waals surface area contributed by atoms with Crippen molar-refractivity contribution < 1.29 is 4.74 Å². The lowest BCUT2D eigenvalue weighted by Gasteiger charge is -2.28. The number of hydrogen-bond donors (Lipinski definition) is 1. The van der Waals surface area contributed by atoms with Crippen molar-refractivity contribution in [3.8, 4) is 0 Å². The largest absolute Gasteiger partial charge is 0.384 e. The van der Waals surface area contributed by atoms with Gasteiger partial charge in [0.2, 0.25) is 0 Å². The molecular formula is C15H25N3O. The van der Waals surface area contributed by atoms with E-state index in [0.29, 0.717) is 11.7 Å². The van der Waals surface area contributed by atoms with Crippen molar-refractivity contribution in [3.63, 3.8) is 0 Å². The average molecular weight is 263 g/mol. The molecule has 2 rings (SSSR count). The van der Waals surface area contributed by atoms with Gasteiger partial charge in [-0.15, -0.1) is 0 Å². The first kappa shape index (κ1) is 14.3. The lowest BCUT2D eigenvalue weighted by molar-refractivity contribution is 0.00857. The maximum absolute atomic E-state index is 5.96. The number of nitrogen functional groups attached to an aromatic ring is 1.